The van der Waals surface area contributed by atoms with E-state index in [0.29, 0.717) is 46.9 Å². The van der Waals surface area contributed by atoms with Gasteiger partial charge in [-0.05, 0) is 25.1 Å². The zero-order valence-electron chi connectivity index (χ0n) is 19.6. The van der Waals surface area contributed by atoms with E-state index in [-0.39, 0.29) is 28.6 Å². The minimum atomic E-state index is -0.624. The van der Waals surface area contributed by atoms with E-state index in [1.54, 1.807) is 18.2 Å². The van der Waals surface area contributed by atoms with Crippen LogP contribution in [0.2, 0.25) is 5.02 Å². The Kier molecular flexibility index (Phi) is 7.68. The van der Waals surface area contributed by atoms with Crippen molar-refractivity contribution < 1.29 is 18.6 Å². The van der Waals surface area contributed by atoms with Crippen LogP contribution in [0.4, 0.5) is 15.8 Å². The Morgan fingerprint density at radius 3 is 2.69 bits per heavy atom. The van der Waals surface area contributed by atoms with E-state index in [1.165, 1.54) is 25.4 Å². The largest absolute Gasteiger partial charge is 0.493 e. The van der Waals surface area contributed by atoms with E-state index < -0.39 is 5.82 Å². The molecular weight excluding hydrogens is 485 g/mol. The number of nitrogens with one attached hydrogen (secondary N) is 1. The Morgan fingerprint density at radius 1 is 1.14 bits per heavy atom. The highest BCUT2D eigenvalue weighted by molar-refractivity contribution is 6.33. The smallest absolute Gasteiger partial charge is 0.167 e. The van der Waals surface area contributed by atoms with Gasteiger partial charge in [-0.15, -0.1) is 0 Å². The van der Waals surface area contributed by atoms with Gasteiger partial charge in [-0.25, -0.2) is 4.39 Å². The van der Waals surface area contributed by atoms with Crippen LogP contribution >= 0.6 is 11.6 Å². The highest BCUT2D eigenvalue weighted by Gasteiger charge is 2.17. The third kappa shape index (κ3) is 5.40. The lowest BCUT2D eigenvalue weighted by atomic mass is 10.1. The van der Waals surface area contributed by atoms with Crippen LogP contribution in [0.5, 0.6) is 17.2 Å². The number of nitrogens with zero attached hydrogens (tertiary/aromatic N) is 3. The predicted octanol–water partition coefficient (Wildman–Crippen LogP) is 5.27. The molecule has 184 valence electrons. The molecule has 0 unspecified atom stereocenters. The van der Waals surface area contributed by atoms with Crippen molar-refractivity contribution in [1.29, 1.82) is 5.26 Å². The monoisotopic (exact) mass is 507 g/mol. The summed E-state index contributed by atoms with van der Waals surface area (Å²) in [5.41, 5.74) is 8.45. The minimum absolute atomic E-state index is 0.0164. The lowest BCUT2D eigenvalue weighted by Gasteiger charge is -2.16. The number of ether oxygens (including phenoxy) is 3. The SMILES string of the molecule is COc1cc2c(Nc3cc(F)c(OCc4cccc(C)n4)cc3Cl)c(C#N)cnc2cc1OCCN. The molecule has 8 nitrogen and oxygen atoms in total. The van der Waals surface area contributed by atoms with Gasteiger partial charge in [-0.3, -0.25) is 9.97 Å². The number of hydrogen-bond acceptors (Lipinski definition) is 8. The second-order valence-corrected chi connectivity index (χ2v) is 8.17. The fraction of sp³-hybridized carbons (Fsp3) is 0.192. The molecule has 0 saturated heterocycles. The Balaban J connectivity index is 1.67. The zero-order valence-corrected chi connectivity index (χ0v) is 20.4. The summed E-state index contributed by atoms with van der Waals surface area (Å²) >= 11 is 6.47. The van der Waals surface area contributed by atoms with Gasteiger partial charge in [0, 0.05) is 42.0 Å². The molecule has 0 saturated carbocycles. The second-order valence-electron chi connectivity index (χ2n) is 7.76. The number of methoxy groups -OCH3 is 1. The number of hydrogen-bond donors (Lipinski definition) is 2. The Labute approximate surface area is 212 Å². The number of benzene rings is 2. The molecule has 0 fully saturated rings. The number of nitriles is 1. The fourth-order valence-corrected chi connectivity index (χ4v) is 3.76. The third-order valence-electron chi connectivity index (χ3n) is 5.25. The van der Waals surface area contributed by atoms with Crippen molar-refractivity contribution in [3.05, 3.63) is 76.5 Å². The normalized spacial score (nSPS) is 10.7. The average molecular weight is 508 g/mol. The number of pyridine rings is 2. The van der Waals surface area contributed by atoms with Crippen molar-refractivity contribution in [2.24, 2.45) is 5.73 Å². The van der Waals surface area contributed by atoms with Gasteiger partial charge >= 0.3 is 0 Å². The Bertz CT molecular complexity index is 1460. The summed E-state index contributed by atoms with van der Waals surface area (Å²) in [5.74, 6) is 0.257. The number of aromatic nitrogens is 2. The van der Waals surface area contributed by atoms with Gasteiger partial charge in [0.2, 0.25) is 0 Å². The molecule has 0 aliphatic heterocycles. The first-order valence-electron chi connectivity index (χ1n) is 11.0. The number of nitrogens with two attached hydrogens (primary N) is 1. The number of anilines is 2. The highest BCUT2D eigenvalue weighted by atomic mass is 35.5. The van der Waals surface area contributed by atoms with Gasteiger partial charge in [-0.2, -0.15) is 5.26 Å². The summed E-state index contributed by atoms with van der Waals surface area (Å²) in [6.45, 7) is 2.58. The molecule has 0 radical (unpaired) electrons. The molecule has 2 aromatic heterocycles. The molecular formula is C26H23ClFN5O3. The highest BCUT2D eigenvalue weighted by Crippen LogP contribution is 2.39. The molecule has 36 heavy (non-hydrogen) atoms. The van der Waals surface area contributed by atoms with Crippen LogP contribution in [0.25, 0.3) is 10.9 Å². The van der Waals surface area contributed by atoms with Crippen LogP contribution < -0.4 is 25.3 Å². The molecule has 2 aromatic carbocycles. The van der Waals surface area contributed by atoms with E-state index in [0.717, 1.165) is 5.69 Å². The molecule has 0 amide bonds. The molecule has 0 bridgehead atoms. The first-order chi connectivity index (χ1) is 17.4. The maximum Gasteiger partial charge on any atom is 0.167 e. The number of fused-ring (bicyclic) bond motifs is 1. The van der Waals surface area contributed by atoms with Gasteiger partial charge in [-0.1, -0.05) is 17.7 Å². The van der Waals surface area contributed by atoms with Crippen molar-refractivity contribution in [3.8, 4) is 23.3 Å². The van der Waals surface area contributed by atoms with Gasteiger partial charge in [0.15, 0.2) is 23.1 Å². The van der Waals surface area contributed by atoms with Gasteiger partial charge < -0.3 is 25.3 Å². The number of halogens is 2. The molecule has 2 heterocycles. The second kappa shape index (κ2) is 11.1. The Hall–Kier alpha value is -4.13. The molecule has 3 N–H and O–H groups in total. The quantitative estimate of drug-likeness (QED) is 0.315. The summed E-state index contributed by atoms with van der Waals surface area (Å²) in [4.78, 5) is 8.69. The summed E-state index contributed by atoms with van der Waals surface area (Å²) in [5, 5.41) is 13.5. The number of aryl methyl sites for hydroxylation is 1. The van der Waals surface area contributed by atoms with Crippen LogP contribution in [0.1, 0.15) is 17.0 Å². The van der Waals surface area contributed by atoms with Crippen molar-refractivity contribution >= 4 is 33.9 Å². The maximum atomic E-state index is 14.9. The summed E-state index contributed by atoms with van der Waals surface area (Å²) in [7, 11) is 1.50. The van der Waals surface area contributed by atoms with E-state index in [4.69, 9.17) is 31.5 Å². The third-order valence-corrected chi connectivity index (χ3v) is 5.56. The molecule has 0 atom stereocenters. The zero-order chi connectivity index (χ0) is 25.7. The van der Waals surface area contributed by atoms with Crippen LogP contribution in [0, 0.1) is 24.1 Å². The average Bonchev–Trinajstić information content (AvgIpc) is 2.88. The molecule has 0 aliphatic rings. The van der Waals surface area contributed by atoms with Crippen molar-refractivity contribution in [1.82, 2.24) is 9.97 Å². The minimum Gasteiger partial charge on any atom is -0.493 e. The molecule has 10 heteroatoms. The molecule has 0 aliphatic carbocycles. The first kappa shape index (κ1) is 25.0. The standard InChI is InChI=1S/C26H23ClFN5O3/c1-15-4-3-5-17(32-15)14-36-23-9-19(27)22(10-20(23)28)33-26-16(12-30)13-31-21-11-25(35-7-6-29)24(34-2)8-18(21)26/h3-5,8-11,13H,6-7,14,29H2,1-2H3,(H,31,33). The van der Waals surface area contributed by atoms with E-state index in [1.807, 2.05) is 19.1 Å². The van der Waals surface area contributed by atoms with Crippen molar-refractivity contribution in [2.75, 3.05) is 25.6 Å². The van der Waals surface area contributed by atoms with Crippen LogP contribution in [-0.2, 0) is 6.61 Å². The van der Waals surface area contributed by atoms with E-state index >= 15 is 0 Å². The first-order valence-corrected chi connectivity index (χ1v) is 11.4. The van der Waals surface area contributed by atoms with E-state index in [9.17, 15) is 9.65 Å². The summed E-state index contributed by atoms with van der Waals surface area (Å²) in [6.07, 6.45) is 1.42. The van der Waals surface area contributed by atoms with Crippen LogP contribution in [0.15, 0.2) is 48.7 Å². The topological polar surface area (TPSA) is 115 Å². The lowest BCUT2D eigenvalue weighted by Crippen LogP contribution is -2.11. The van der Waals surface area contributed by atoms with Gasteiger partial charge in [0.25, 0.3) is 0 Å². The van der Waals surface area contributed by atoms with Gasteiger partial charge in [0.05, 0.1) is 40.3 Å². The summed E-state index contributed by atoms with van der Waals surface area (Å²) < 4.78 is 31.6. The van der Waals surface area contributed by atoms with Gasteiger partial charge in [0.1, 0.15) is 19.3 Å². The molecule has 4 aromatic rings. The number of rotatable bonds is 9. The fourth-order valence-electron chi connectivity index (χ4n) is 3.56. The van der Waals surface area contributed by atoms with E-state index in [2.05, 4.69) is 21.4 Å². The summed E-state index contributed by atoms with van der Waals surface area (Å²) in [6, 6.07) is 13.6. The maximum absolute atomic E-state index is 14.9. The van der Waals surface area contributed by atoms with Crippen LogP contribution in [0.3, 0.4) is 0 Å². The molecule has 0 spiro atoms. The lowest BCUT2D eigenvalue weighted by molar-refractivity contribution is 0.286. The molecule has 4 rings (SSSR count). The van der Waals surface area contributed by atoms with Crippen molar-refractivity contribution in [2.45, 2.75) is 13.5 Å². The van der Waals surface area contributed by atoms with Crippen LogP contribution in [-0.4, -0.2) is 30.2 Å². The predicted molar refractivity (Wildman–Crippen MR) is 136 cm³/mol. The van der Waals surface area contributed by atoms with Crippen molar-refractivity contribution in [3.63, 3.8) is 0 Å². The Morgan fingerprint density at radius 2 is 1.97 bits per heavy atom.